The van der Waals surface area contributed by atoms with E-state index in [0.717, 1.165) is 12.1 Å². The number of rotatable bonds is 4. The number of aryl methyl sites for hydroxylation is 3. The molecule has 0 heterocycles. The van der Waals surface area contributed by atoms with Gasteiger partial charge in [-0.25, -0.2) is 4.99 Å². The van der Waals surface area contributed by atoms with Crippen LogP contribution in [0.15, 0.2) is 47.5 Å². The molecule has 1 nitrogen and oxygen atoms in total. The molecule has 0 fully saturated rings. The fraction of sp³-hybridized carbons (Fsp3) is 0.316. The molecule has 0 saturated carbocycles. The molecule has 1 unspecified atom stereocenters. The van der Waals surface area contributed by atoms with E-state index in [9.17, 15) is 0 Å². The quantitative estimate of drug-likeness (QED) is 0.607. The van der Waals surface area contributed by atoms with E-state index in [1.165, 1.54) is 22.3 Å². The van der Waals surface area contributed by atoms with Gasteiger partial charge in [-0.3, -0.25) is 0 Å². The van der Waals surface area contributed by atoms with Crippen molar-refractivity contribution in [2.45, 2.75) is 40.0 Å². The van der Waals surface area contributed by atoms with Crippen molar-refractivity contribution in [1.82, 2.24) is 0 Å². The molecular weight excluding hydrogens is 278 g/mol. The molecule has 21 heavy (non-hydrogen) atoms. The van der Waals surface area contributed by atoms with Crippen molar-refractivity contribution >= 4 is 22.5 Å². The average Bonchev–Trinajstić information content (AvgIpc) is 2.45. The highest BCUT2D eigenvalue weighted by molar-refractivity contribution is 6.66. The van der Waals surface area contributed by atoms with Crippen molar-refractivity contribution in [2.24, 2.45) is 4.99 Å². The van der Waals surface area contributed by atoms with Gasteiger partial charge in [0.15, 0.2) is 0 Å². The van der Waals surface area contributed by atoms with Gasteiger partial charge >= 0.3 is 0 Å². The second kappa shape index (κ2) is 6.91. The van der Waals surface area contributed by atoms with Crippen molar-refractivity contribution in [3.05, 3.63) is 64.7 Å². The van der Waals surface area contributed by atoms with Gasteiger partial charge < -0.3 is 0 Å². The topological polar surface area (TPSA) is 12.4 Å². The summed E-state index contributed by atoms with van der Waals surface area (Å²) < 4.78 is 0. The van der Waals surface area contributed by atoms with E-state index >= 15 is 0 Å². The van der Waals surface area contributed by atoms with E-state index in [1.807, 2.05) is 18.2 Å². The van der Waals surface area contributed by atoms with Gasteiger partial charge in [-0.2, -0.15) is 0 Å². The Labute approximate surface area is 132 Å². The van der Waals surface area contributed by atoms with Crippen LogP contribution in [0.5, 0.6) is 0 Å². The lowest BCUT2D eigenvalue weighted by Crippen LogP contribution is -2.06. The van der Waals surface area contributed by atoms with Crippen molar-refractivity contribution in [2.75, 3.05) is 0 Å². The van der Waals surface area contributed by atoms with Gasteiger partial charge in [0.25, 0.3) is 0 Å². The van der Waals surface area contributed by atoms with Gasteiger partial charge in [-0.15, -0.1) is 0 Å². The SMILES string of the molecule is CCC(C(Cl)=Nc1c(C)cc(C)cc1C)c1ccccc1. The zero-order valence-electron chi connectivity index (χ0n) is 13.2. The smallest absolute Gasteiger partial charge is 0.114 e. The summed E-state index contributed by atoms with van der Waals surface area (Å²) in [6, 6.07) is 14.6. The van der Waals surface area contributed by atoms with Crippen LogP contribution < -0.4 is 0 Å². The molecule has 0 spiro atoms. The third-order valence-electron chi connectivity index (χ3n) is 3.75. The first-order valence-corrected chi connectivity index (χ1v) is 7.77. The molecule has 0 aliphatic heterocycles. The predicted molar refractivity (Wildman–Crippen MR) is 93.1 cm³/mol. The number of nitrogens with zero attached hydrogens (tertiary/aromatic N) is 1. The molecule has 0 aliphatic carbocycles. The molecule has 0 radical (unpaired) electrons. The second-order valence-electron chi connectivity index (χ2n) is 5.55. The van der Waals surface area contributed by atoms with Crippen molar-refractivity contribution in [3.8, 4) is 0 Å². The van der Waals surface area contributed by atoms with E-state index in [4.69, 9.17) is 16.6 Å². The number of benzene rings is 2. The standard InChI is InChI=1S/C19H22ClN/c1-5-17(16-9-7-6-8-10-16)19(20)21-18-14(3)11-13(2)12-15(18)4/h6-12,17H,5H2,1-4H3. The molecule has 0 N–H and O–H groups in total. The monoisotopic (exact) mass is 299 g/mol. The summed E-state index contributed by atoms with van der Waals surface area (Å²) in [5.41, 5.74) is 5.83. The Morgan fingerprint density at radius 1 is 1.05 bits per heavy atom. The van der Waals surface area contributed by atoms with Crippen LogP contribution in [0.25, 0.3) is 0 Å². The molecular formula is C19H22ClN. The zero-order chi connectivity index (χ0) is 15.4. The highest BCUT2D eigenvalue weighted by Crippen LogP contribution is 2.30. The Morgan fingerprint density at radius 3 is 2.14 bits per heavy atom. The molecule has 110 valence electrons. The average molecular weight is 300 g/mol. The molecule has 2 heteroatoms. The first-order valence-electron chi connectivity index (χ1n) is 7.39. The van der Waals surface area contributed by atoms with Crippen LogP contribution in [-0.4, -0.2) is 5.17 Å². The summed E-state index contributed by atoms with van der Waals surface area (Å²) in [6.45, 7) is 8.43. The van der Waals surface area contributed by atoms with E-state index in [1.54, 1.807) is 0 Å². The normalized spacial score (nSPS) is 13.3. The lowest BCUT2D eigenvalue weighted by molar-refractivity contribution is 0.853. The van der Waals surface area contributed by atoms with Crippen molar-refractivity contribution in [3.63, 3.8) is 0 Å². The van der Waals surface area contributed by atoms with E-state index in [0.29, 0.717) is 5.17 Å². The molecule has 2 aromatic rings. The fourth-order valence-electron chi connectivity index (χ4n) is 2.76. The number of halogens is 1. The van der Waals surface area contributed by atoms with Gasteiger partial charge in [-0.05, 0) is 43.9 Å². The summed E-state index contributed by atoms with van der Waals surface area (Å²) in [6.07, 6.45) is 0.941. The number of hydrogen-bond donors (Lipinski definition) is 0. The molecule has 0 bridgehead atoms. The summed E-state index contributed by atoms with van der Waals surface area (Å²) in [7, 11) is 0. The lowest BCUT2D eigenvalue weighted by atomic mass is 9.97. The highest BCUT2D eigenvalue weighted by atomic mass is 35.5. The van der Waals surface area contributed by atoms with Crippen LogP contribution in [0.2, 0.25) is 0 Å². The summed E-state index contributed by atoms with van der Waals surface area (Å²) >= 11 is 6.55. The van der Waals surface area contributed by atoms with Crippen LogP contribution in [0.3, 0.4) is 0 Å². The molecule has 2 aromatic carbocycles. The molecule has 2 rings (SSSR count). The number of hydrogen-bond acceptors (Lipinski definition) is 1. The maximum Gasteiger partial charge on any atom is 0.114 e. The van der Waals surface area contributed by atoms with Crippen molar-refractivity contribution < 1.29 is 0 Å². The molecule has 1 atom stereocenters. The minimum absolute atomic E-state index is 0.160. The summed E-state index contributed by atoms with van der Waals surface area (Å²) in [5, 5.41) is 0.666. The van der Waals surface area contributed by atoms with Crippen LogP contribution in [0.4, 0.5) is 5.69 Å². The minimum atomic E-state index is 0.160. The van der Waals surface area contributed by atoms with Gasteiger partial charge in [0.05, 0.1) is 5.69 Å². The van der Waals surface area contributed by atoms with Crippen LogP contribution in [-0.2, 0) is 0 Å². The summed E-state index contributed by atoms with van der Waals surface area (Å²) in [4.78, 5) is 4.73. The largest absolute Gasteiger partial charge is 0.240 e. The molecule has 0 aromatic heterocycles. The van der Waals surface area contributed by atoms with E-state index in [-0.39, 0.29) is 5.92 Å². The maximum atomic E-state index is 6.55. The highest BCUT2D eigenvalue weighted by Gasteiger charge is 2.15. The van der Waals surface area contributed by atoms with Gasteiger partial charge in [0, 0.05) is 5.92 Å². The first kappa shape index (κ1) is 15.8. The third-order valence-corrected chi connectivity index (χ3v) is 4.10. The summed E-state index contributed by atoms with van der Waals surface area (Å²) in [5.74, 6) is 0.160. The molecule has 0 saturated heterocycles. The minimum Gasteiger partial charge on any atom is -0.240 e. The first-order chi connectivity index (χ1) is 10.0. The predicted octanol–water partition coefficient (Wildman–Crippen LogP) is 6.07. The van der Waals surface area contributed by atoms with Gasteiger partial charge in [-0.1, -0.05) is 66.6 Å². The van der Waals surface area contributed by atoms with Gasteiger partial charge in [0.1, 0.15) is 5.17 Å². The number of aliphatic imine (C=N–C) groups is 1. The van der Waals surface area contributed by atoms with Crippen LogP contribution >= 0.6 is 11.6 Å². The molecule has 0 amide bonds. The van der Waals surface area contributed by atoms with Crippen LogP contribution in [0.1, 0.15) is 41.5 Å². The lowest BCUT2D eigenvalue weighted by Gasteiger charge is -2.15. The molecule has 0 aliphatic rings. The Hall–Kier alpha value is -1.60. The second-order valence-corrected chi connectivity index (χ2v) is 5.94. The maximum absolute atomic E-state index is 6.55. The Morgan fingerprint density at radius 2 is 1.62 bits per heavy atom. The Balaban J connectivity index is 2.40. The van der Waals surface area contributed by atoms with Crippen molar-refractivity contribution in [1.29, 1.82) is 0 Å². The third kappa shape index (κ3) is 3.74. The Kier molecular flexibility index (Phi) is 5.19. The Bertz CT molecular complexity index is 621. The fourth-order valence-corrected chi connectivity index (χ4v) is 3.13. The zero-order valence-corrected chi connectivity index (χ0v) is 13.9. The van der Waals surface area contributed by atoms with E-state index in [2.05, 4.69) is 52.0 Å². The van der Waals surface area contributed by atoms with Crippen LogP contribution in [0, 0.1) is 20.8 Å². The van der Waals surface area contributed by atoms with E-state index < -0.39 is 0 Å². The van der Waals surface area contributed by atoms with Gasteiger partial charge in [0.2, 0.25) is 0 Å².